The fourth-order valence-electron chi connectivity index (χ4n) is 3.42. The Balaban J connectivity index is 1.70. The Morgan fingerprint density at radius 3 is 2.67 bits per heavy atom. The van der Waals surface area contributed by atoms with Crippen molar-refractivity contribution in [1.29, 1.82) is 0 Å². The van der Waals surface area contributed by atoms with E-state index < -0.39 is 0 Å². The van der Waals surface area contributed by atoms with Gasteiger partial charge >= 0.3 is 0 Å². The predicted octanol–water partition coefficient (Wildman–Crippen LogP) is 3.42. The number of benzene rings is 1. The predicted molar refractivity (Wildman–Crippen MR) is 105 cm³/mol. The van der Waals surface area contributed by atoms with Gasteiger partial charge in [-0.25, -0.2) is 15.0 Å². The van der Waals surface area contributed by atoms with Crippen molar-refractivity contribution in [2.45, 2.75) is 32.9 Å². The standard InChI is InChI=1S/C20H23N7/c1-14-18-19(22-15(2)23-20(18)26(3)25-14)24-17(16-7-5-4-6-8-16)9-11-27-12-10-21-13-27/h4-8,10,12-13,17H,9,11H2,1-3H3,(H,22,23,24). The lowest BCUT2D eigenvalue weighted by Gasteiger charge is -2.21. The first-order valence-corrected chi connectivity index (χ1v) is 9.07. The fraction of sp³-hybridized carbons (Fsp3) is 0.300. The zero-order chi connectivity index (χ0) is 18.8. The molecule has 0 amide bonds. The number of anilines is 1. The van der Waals surface area contributed by atoms with Crippen LogP contribution in [0.15, 0.2) is 49.1 Å². The molecule has 0 aliphatic heterocycles. The van der Waals surface area contributed by atoms with Gasteiger partial charge in [-0.3, -0.25) is 4.68 Å². The summed E-state index contributed by atoms with van der Waals surface area (Å²) in [6.45, 7) is 4.77. The van der Waals surface area contributed by atoms with Gasteiger partial charge in [0.05, 0.1) is 23.4 Å². The number of aromatic nitrogens is 6. The van der Waals surface area contributed by atoms with Crippen LogP contribution in [-0.4, -0.2) is 29.3 Å². The van der Waals surface area contributed by atoms with Gasteiger partial charge in [0.25, 0.3) is 0 Å². The highest BCUT2D eigenvalue weighted by molar-refractivity contribution is 5.89. The average molecular weight is 361 g/mol. The lowest BCUT2D eigenvalue weighted by Crippen LogP contribution is -2.15. The molecule has 27 heavy (non-hydrogen) atoms. The largest absolute Gasteiger partial charge is 0.362 e. The number of imidazole rings is 1. The molecular formula is C20H23N7. The number of hydrogen-bond acceptors (Lipinski definition) is 5. The minimum absolute atomic E-state index is 0.116. The summed E-state index contributed by atoms with van der Waals surface area (Å²) in [5.74, 6) is 1.57. The highest BCUT2D eigenvalue weighted by Crippen LogP contribution is 2.29. The number of fused-ring (bicyclic) bond motifs is 1. The van der Waals surface area contributed by atoms with E-state index in [1.165, 1.54) is 5.56 Å². The first-order chi connectivity index (χ1) is 13.1. The molecule has 7 heteroatoms. The van der Waals surface area contributed by atoms with Gasteiger partial charge in [0.2, 0.25) is 0 Å². The molecule has 7 nitrogen and oxygen atoms in total. The van der Waals surface area contributed by atoms with E-state index in [0.29, 0.717) is 0 Å². The van der Waals surface area contributed by atoms with Crippen molar-refractivity contribution >= 4 is 16.9 Å². The third-order valence-electron chi connectivity index (χ3n) is 4.72. The second-order valence-corrected chi connectivity index (χ2v) is 6.72. The Morgan fingerprint density at radius 1 is 1.11 bits per heavy atom. The summed E-state index contributed by atoms with van der Waals surface area (Å²) in [5, 5.41) is 9.16. The molecule has 3 heterocycles. The van der Waals surface area contributed by atoms with Gasteiger partial charge in [0.15, 0.2) is 5.65 Å². The fourth-order valence-corrected chi connectivity index (χ4v) is 3.42. The van der Waals surface area contributed by atoms with Crippen molar-refractivity contribution in [2.75, 3.05) is 5.32 Å². The number of nitrogens with zero attached hydrogens (tertiary/aromatic N) is 6. The van der Waals surface area contributed by atoms with Crippen molar-refractivity contribution < 1.29 is 0 Å². The van der Waals surface area contributed by atoms with Crippen molar-refractivity contribution in [2.24, 2.45) is 7.05 Å². The minimum Gasteiger partial charge on any atom is -0.362 e. The Kier molecular flexibility index (Phi) is 4.58. The minimum atomic E-state index is 0.116. The van der Waals surface area contributed by atoms with E-state index in [2.05, 4.69) is 49.2 Å². The normalized spacial score (nSPS) is 12.4. The van der Waals surface area contributed by atoms with Crippen LogP contribution in [0.25, 0.3) is 11.0 Å². The van der Waals surface area contributed by atoms with Gasteiger partial charge in [0, 0.05) is 26.0 Å². The molecule has 0 aliphatic rings. The first-order valence-electron chi connectivity index (χ1n) is 9.07. The molecule has 3 aromatic heterocycles. The van der Waals surface area contributed by atoms with Crippen molar-refractivity contribution in [3.8, 4) is 0 Å². The molecule has 0 bridgehead atoms. The molecule has 1 unspecified atom stereocenters. The third kappa shape index (κ3) is 3.53. The molecular weight excluding hydrogens is 338 g/mol. The summed E-state index contributed by atoms with van der Waals surface area (Å²) < 4.78 is 3.90. The zero-order valence-corrected chi connectivity index (χ0v) is 15.8. The Bertz CT molecular complexity index is 1040. The topological polar surface area (TPSA) is 73.5 Å². The molecule has 4 aromatic rings. The Labute approximate surface area is 158 Å². The van der Waals surface area contributed by atoms with Gasteiger partial charge < -0.3 is 9.88 Å². The van der Waals surface area contributed by atoms with Crippen LogP contribution in [-0.2, 0) is 13.6 Å². The van der Waals surface area contributed by atoms with Crippen molar-refractivity contribution in [3.05, 3.63) is 66.1 Å². The molecule has 1 atom stereocenters. The molecule has 1 N–H and O–H groups in total. The van der Waals surface area contributed by atoms with Crippen LogP contribution in [0.2, 0.25) is 0 Å². The SMILES string of the molecule is Cc1nc(NC(CCn2ccnc2)c2ccccc2)c2c(C)nn(C)c2n1. The van der Waals surface area contributed by atoms with Gasteiger partial charge in [-0.1, -0.05) is 30.3 Å². The van der Waals surface area contributed by atoms with E-state index in [4.69, 9.17) is 4.98 Å². The summed E-state index contributed by atoms with van der Waals surface area (Å²) in [4.78, 5) is 13.4. The third-order valence-corrected chi connectivity index (χ3v) is 4.72. The monoisotopic (exact) mass is 361 g/mol. The molecule has 0 saturated carbocycles. The van der Waals surface area contributed by atoms with Crippen molar-refractivity contribution in [3.63, 3.8) is 0 Å². The highest BCUT2D eigenvalue weighted by atomic mass is 15.3. The van der Waals surface area contributed by atoms with Crippen LogP contribution in [0.1, 0.15) is 29.5 Å². The van der Waals surface area contributed by atoms with Crippen LogP contribution in [0.5, 0.6) is 0 Å². The van der Waals surface area contributed by atoms with Crippen LogP contribution in [0.4, 0.5) is 5.82 Å². The molecule has 0 fully saturated rings. The van der Waals surface area contributed by atoms with E-state index in [9.17, 15) is 0 Å². The lowest BCUT2D eigenvalue weighted by molar-refractivity contribution is 0.582. The van der Waals surface area contributed by atoms with Crippen LogP contribution in [0.3, 0.4) is 0 Å². The Hall–Kier alpha value is -3.22. The zero-order valence-electron chi connectivity index (χ0n) is 15.8. The molecule has 4 rings (SSSR count). The van der Waals surface area contributed by atoms with Gasteiger partial charge in [0.1, 0.15) is 11.6 Å². The van der Waals surface area contributed by atoms with E-state index in [1.54, 1.807) is 6.20 Å². The van der Waals surface area contributed by atoms with Gasteiger partial charge in [-0.15, -0.1) is 0 Å². The number of nitrogens with one attached hydrogen (secondary N) is 1. The van der Waals surface area contributed by atoms with Crippen LogP contribution >= 0.6 is 0 Å². The highest BCUT2D eigenvalue weighted by Gasteiger charge is 2.18. The van der Waals surface area contributed by atoms with Crippen molar-refractivity contribution in [1.82, 2.24) is 29.3 Å². The van der Waals surface area contributed by atoms with E-state index in [0.717, 1.165) is 41.3 Å². The van der Waals surface area contributed by atoms with Gasteiger partial charge in [-0.2, -0.15) is 5.10 Å². The maximum Gasteiger partial charge on any atom is 0.163 e. The molecule has 0 spiro atoms. The summed E-state index contributed by atoms with van der Waals surface area (Å²) in [6, 6.07) is 10.6. The quantitative estimate of drug-likeness (QED) is 0.570. The molecule has 0 radical (unpaired) electrons. The lowest BCUT2D eigenvalue weighted by atomic mass is 10.0. The first kappa shape index (κ1) is 17.2. The number of aryl methyl sites for hydroxylation is 4. The second kappa shape index (κ2) is 7.19. The molecule has 1 aromatic carbocycles. The summed E-state index contributed by atoms with van der Waals surface area (Å²) >= 11 is 0. The Morgan fingerprint density at radius 2 is 1.93 bits per heavy atom. The maximum absolute atomic E-state index is 4.69. The van der Waals surface area contributed by atoms with Crippen LogP contribution in [0, 0.1) is 13.8 Å². The van der Waals surface area contributed by atoms with E-state index in [-0.39, 0.29) is 6.04 Å². The summed E-state index contributed by atoms with van der Waals surface area (Å²) in [6.07, 6.45) is 6.55. The van der Waals surface area contributed by atoms with Crippen LogP contribution < -0.4 is 5.32 Å². The second-order valence-electron chi connectivity index (χ2n) is 6.72. The molecule has 0 saturated heterocycles. The summed E-state index contributed by atoms with van der Waals surface area (Å²) in [5.41, 5.74) is 3.00. The number of rotatable bonds is 6. The number of hydrogen-bond donors (Lipinski definition) is 1. The summed E-state index contributed by atoms with van der Waals surface area (Å²) in [7, 11) is 1.92. The van der Waals surface area contributed by atoms with Gasteiger partial charge in [-0.05, 0) is 25.8 Å². The van der Waals surface area contributed by atoms with E-state index in [1.807, 2.05) is 44.2 Å². The van der Waals surface area contributed by atoms with E-state index >= 15 is 0 Å². The molecule has 138 valence electrons. The smallest absolute Gasteiger partial charge is 0.163 e. The average Bonchev–Trinajstić information content (AvgIpc) is 3.27. The maximum atomic E-state index is 4.69. The molecule has 0 aliphatic carbocycles.